The summed E-state index contributed by atoms with van der Waals surface area (Å²) in [7, 11) is 2.10. The molecule has 0 aliphatic carbocycles. The maximum atomic E-state index is 6.17. The Morgan fingerprint density at radius 2 is 2.19 bits per heavy atom. The zero-order valence-electron chi connectivity index (χ0n) is 12.9. The first kappa shape index (κ1) is 15.7. The number of hydrogen-bond acceptors (Lipinski definition) is 4. The number of hydrogen-bond donors (Lipinski definition) is 1. The van der Waals surface area contributed by atoms with Gasteiger partial charge in [-0.25, -0.2) is 0 Å². The van der Waals surface area contributed by atoms with Crippen molar-refractivity contribution in [3.05, 3.63) is 29.8 Å². The number of benzene rings is 1. The van der Waals surface area contributed by atoms with E-state index >= 15 is 0 Å². The van der Waals surface area contributed by atoms with Crippen molar-refractivity contribution < 1.29 is 4.74 Å². The van der Waals surface area contributed by atoms with Crippen molar-refractivity contribution in [1.82, 2.24) is 5.32 Å². The first-order valence-electron chi connectivity index (χ1n) is 7.79. The lowest BCUT2D eigenvalue weighted by atomic mass is 9.79. The molecular weight excluding hydrogens is 298 g/mol. The molecule has 2 aliphatic heterocycles. The molecule has 4 heteroatoms. The van der Waals surface area contributed by atoms with E-state index in [1.54, 1.807) is 11.8 Å². The van der Waals surface area contributed by atoms with E-state index < -0.39 is 0 Å². The van der Waals surface area contributed by atoms with Gasteiger partial charge >= 0.3 is 0 Å². The molecule has 2 heterocycles. The molecule has 3 atom stereocenters. The SMILES string of the molecule is CNC(c1ccc(SC)cc1)C1CCOC2(CCSC2)C1. The van der Waals surface area contributed by atoms with E-state index in [1.807, 2.05) is 0 Å². The second-order valence-corrected chi connectivity index (χ2v) is 8.11. The van der Waals surface area contributed by atoms with Crippen LogP contribution in [0.4, 0.5) is 0 Å². The summed E-state index contributed by atoms with van der Waals surface area (Å²) in [5.41, 5.74) is 1.59. The summed E-state index contributed by atoms with van der Waals surface area (Å²) in [6.07, 6.45) is 5.73. The van der Waals surface area contributed by atoms with Gasteiger partial charge in [0.2, 0.25) is 0 Å². The molecule has 2 nitrogen and oxygen atoms in total. The monoisotopic (exact) mass is 323 g/mol. The van der Waals surface area contributed by atoms with Gasteiger partial charge in [0.15, 0.2) is 0 Å². The largest absolute Gasteiger partial charge is 0.374 e. The van der Waals surface area contributed by atoms with Crippen LogP contribution in [0.15, 0.2) is 29.2 Å². The highest BCUT2D eigenvalue weighted by molar-refractivity contribution is 7.99. The Morgan fingerprint density at radius 1 is 1.38 bits per heavy atom. The van der Waals surface area contributed by atoms with Gasteiger partial charge in [-0.2, -0.15) is 11.8 Å². The van der Waals surface area contributed by atoms with Crippen molar-refractivity contribution in [3.8, 4) is 0 Å². The Hall–Kier alpha value is -0.160. The maximum Gasteiger partial charge on any atom is 0.0783 e. The summed E-state index contributed by atoms with van der Waals surface area (Å²) in [6, 6.07) is 9.51. The molecule has 3 rings (SSSR count). The van der Waals surface area contributed by atoms with Crippen LogP contribution in [0, 0.1) is 5.92 Å². The lowest BCUT2D eigenvalue weighted by Gasteiger charge is -2.41. The number of rotatable bonds is 4. The summed E-state index contributed by atoms with van der Waals surface area (Å²) < 4.78 is 6.17. The molecule has 116 valence electrons. The van der Waals surface area contributed by atoms with Crippen LogP contribution in [0.2, 0.25) is 0 Å². The van der Waals surface area contributed by atoms with E-state index in [0.29, 0.717) is 12.0 Å². The van der Waals surface area contributed by atoms with Crippen LogP contribution in [0.5, 0.6) is 0 Å². The fourth-order valence-electron chi connectivity index (χ4n) is 3.70. The second kappa shape index (κ2) is 6.95. The topological polar surface area (TPSA) is 21.3 Å². The third-order valence-electron chi connectivity index (χ3n) is 4.86. The zero-order valence-corrected chi connectivity index (χ0v) is 14.6. The molecule has 0 aromatic heterocycles. The van der Waals surface area contributed by atoms with Crippen molar-refractivity contribution in [2.24, 2.45) is 5.92 Å². The normalized spacial score (nSPS) is 30.7. The van der Waals surface area contributed by atoms with Crippen molar-refractivity contribution >= 4 is 23.5 Å². The molecule has 3 unspecified atom stereocenters. The third kappa shape index (κ3) is 3.44. The van der Waals surface area contributed by atoms with Gasteiger partial charge in [0.05, 0.1) is 5.60 Å². The highest BCUT2D eigenvalue weighted by atomic mass is 32.2. The minimum absolute atomic E-state index is 0.169. The van der Waals surface area contributed by atoms with E-state index in [9.17, 15) is 0 Å². The van der Waals surface area contributed by atoms with E-state index in [2.05, 4.69) is 54.6 Å². The van der Waals surface area contributed by atoms with Crippen molar-refractivity contribution in [2.75, 3.05) is 31.4 Å². The van der Waals surface area contributed by atoms with Crippen LogP contribution in [0.3, 0.4) is 0 Å². The van der Waals surface area contributed by atoms with Crippen molar-refractivity contribution in [1.29, 1.82) is 0 Å². The van der Waals surface area contributed by atoms with E-state index in [-0.39, 0.29) is 5.60 Å². The Kier molecular flexibility index (Phi) is 5.20. The van der Waals surface area contributed by atoms with Crippen LogP contribution < -0.4 is 5.32 Å². The highest BCUT2D eigenvalue weighted by Crippen LogP contribution is 2.44. The number of ether oxygens (including phenoxy) is 1. The van der Waals surface area contributed by atoms with Gasteiger partial charge in [-0.3, -0.25) is 0 Å². The summed E-state index contributed by atoms with van der Waals surface area (Å²) in [5, 5.41) is 3.56. The molecule has 0 saturated carbocycles. The van der Waals surface area contributed by atoms with E-state index in [0.717, 1.165) is 6.61 Å². The van der Waals surface area contributed by atoms with Crippen LogP contribution in [0.25, 0.3) is 0 Å². The van der Waals surface area contributed by atoms with Gasteiger partial charge in [0.25, 0.3) is 0 Å². The second-order valence-electron chi connectivity index (χ2n) is 6.13. The van der Waals surface area contributed by atoms with Crippen LogP contribution in [-0.4, -0.2) is 37.0 Å². The first-order valence-corrected chi connectivity index (χ1v) is 10.2. The maximum absolute atomic E-state index is 6.17. The molecule has 2 aliphatic rings. The smallest absolute Gasteiger partial charge is 0.0783 e. The Balaban J connectivity index is 1.75. The summed E-state index contributed by atoms with van der Waals surface area (Å²) in [6.45, 7) is 0.923. The quantitative estimate of drug-likeness (QED) is 0.846. The average Bonchev–Trinajstić information content (AvgIpc) is 2.96. The molecule has 2 saturated heterocycles. The van der Waals surface area contributed by atoms with Crippen LogP contribution in [0.1, 0.15) is 30.9 Å². The Morgan fingerprint density at radius 3 is 2.81 bits per heavy atom. The lowest BCUT2D eigenvalue weighted by molar-refractivity contribution is -0.0850. The van der Waals surface area contributed by atoms with Gasteiger partial charge in [0.1, 0.15) is 0 Å². The van der Waals surface area contributed by atoms with Crippen molar-refractivity contribution in [3.63, 3.8) is 0 Å². The summed E-state index contributed by atoms with van der Waals surface area (Å²) in [5.74, 6) is 3.13. The van der Waals surface area contributed by atoms with Gasteiger partial charge in [0, 0.05) is 23.3 Å². The van der Waals surface area contributed by atoms with Crippen LogP contribution >= 0.6 is 23.5 Å². The molecule has 0 amide bonds. The fraction of sp³-hybridized carbons (Fsp3) is 0.647. The van der Waals surface area contributed by atoms with Gasteiger partial charge in [-0.05, 0) is 61.9 Å². The molecule has 1 N–H and O–H groups in total. The molecule has 1 aromatic rings. The Bertz CT molecular complexity index is 456. The molecule has 1 aromatic carbocycles. The van der Waals surface area contributed by atoms with E-state index in [1.165, 1.54) is 41.2 Å². The molecule has 0 radical (unpaired) electrons. The van der Waals surface area contributed by atoms with Crippen molar-refractivity contribution in [2.45, 2.75) is 35.8 Å². The minimum Gasteiger partial charge on any atom is -0.374 e. The molecule has 21 heavy (non-hydrogen) atoms. The standard InChI is InChI=1S/C17H25NOS2/c1-18-16(13-3-5-15(20-2)6-4-13)14-7-9-19-17(11-14)8-10-21-12-17/h3-6,14,16,18H,7-12H2,1-2H3. The number of nitrogens with one attached hydrogen (secondary N) is 1. The molecule has 2 fully saturated rings. The van der Waals surface area contributed by atoms with E-state index in [4.69, 9.17) is 4.74 Å². The molecule has 0 bridgehead atoms. The molecule has 1 spiro atoms. The molecular formula is C17H25NOS2. The number of thioether (sulfide) groups is 2. The fourth-order valence-corrected chi connectivity index (χ4v) is 5.49. The minimum atomic E-state index is 0.169. The van der Waals surface area contributed by atoms with Crippen LogP contribution in [-0.2, 0) is 4.74 Å². The predicted octanol–water partition coefficient (Wildman–Crippen LogP) is 3.97. The first-order chi connectivity index (χ1) is 10.3. The summed E-state index contributed by atoms with van der Waals surface area (Å²) in [4.78, 5) is 1.34. The Labute approximate surface area is 136 Å². The highest BCUT2D eigenvalue weighted by Gasteiger charge is 2.42. The van der Waals surface area contributed by atoms with Gasteiger partial charge in [-0.1, -0.05) is 12.1 Å². The van der Waals surface area contributed by atoms with Gasteiger partial charge < -0.3 is 10.1 Å². The predicted molar refractivity (Wildman–Crippen MR) is 93.4 cm³/mol. The van der Waals surface area contributed by atoms with Gasteiger partial charge in [-0.15, -0.1) is 11.8 Å². The lowest BCUT2D eigenvalue weighted by Crippen LogP contribution is -2.43. The average molecular weight is 324 g/mol. The zero-order chi connectivity index (χ0) is 14.7. The summed E-state index contributed by atoms with van der Waals surface area (Å²) >= 11 is 3.86. The third-order valence-corrected chi connectivity index (χ3v) is 6.82.